The molecular formula is C15H21NO4S. The van der Waals surface area contributed by atoms with Crippen LogP contribution in [0.25, 0.3) is 0 Å². The maximum Gasteiger partial charge on any atom is 0.313 e. The summed E-state index contributed by atoms with van der Waals surface area (Å²) >= 11 is 1.10. The average Bonchev–Trinajstić information content (AvgIpc) is 2.36. The summed E-state index contributed by atoms with van der Waals surface area (Å²) in [4.78, 5) is 23.7. The number of aliphatic carboxylic acids is 1. The number of carbonyl (C=O) groups excluding carboxylic acids is 1. The number of nitrogens with zero attached hydrogens (tertiary/aromatic N) is 1. The maximum absolute atomic E-state index is 11.7. The summed E-state index contributed by atoms with van der Waals surface area (Å²) in [5.41, 5.74) is 2.28. The number of aryl methyl sites for hydroxylation is 2. The summed E-state index contributed by atoms with van der Waals surface area (Å²) in [5, 5.41) is 8.51. The van der Waals surface area contributed by atoms with Gasteiger partial charge in [-0.2, -0.15) is 0 Å². The number of hydrogen-bond acceptors (Lipinski definition) is 4. The molecule has 1 aromatic rings. The van der Waals surface area contributed by atoms with Crippen molar-refractivity contribution in [1.82, 2.24) is 4.90 Å². The van der Waals surface area contributed by atoms with Gasteiger partial charge in [0.2, 0.25) is 5.91 Å². The van der Waals surface area contributed by atoms with Crippen LogP contribution >= 0.6 is 11.8 Å². The van der Waals surface area contributed by atoms with Crippen molar-refractivity contribution in [3.05, 3.63) is 29.3 Å². The van der Waals surface area contributed by atoms with Gasteiger partial charge in [-0.1, -0.05) is 6.07 Å². The standard InChI is InChI=1S/C15H21NO4S/c1-11-6-12(2)8-13(7-11)20-5-4-16(3)14(17)9-21-10-15(18)19/h6-8H,4-5,9-10H2,1-3H3,(H,18,19). The third-order valence-corrected chi connectivity index (χ3v) is 3.67. The lowest BCUT2D eigenvalue weighted by Crippen LogP contribution is -2.32. The Hall–Kier alpha value is -1.69. The fraction of sp³-hybridized carbons (Fsp3) is 0.467. The Morgan fingerprint density at radius 2 is 1.81 bits per heavy atom. The van der Waals surface area contributed by atoms with E-state index >= 15 is 0 Å². The third-order valence-electron chi connectivity index (χ3n) is 2.77. The molecule has 0 radical (unpaired) electrons. The molecule has 0 saturated heterocycles. The molecule has 21 heavy (non-hydrogen) atoms. The van der Waals surface area contributed by atoms with Gasteiger partial charge in [0.25, 0.3) is 0 Å². The van der Waals surface area contributed by atoms with Crippen LogP contribution in [0.3, 0.4) is 0 Å². The van der Waals surface area contributed by atoms with E-state index in [1.54, 1.807) is 11.9 Å². The van der Waals surface area contributed by atoms with E-state index in [0.29, 0.717) is 13.2 Å². The normalized spacial score (nSPS) is 10.2. The molecule has 116 valence electrons. The monoisotopic (exact) mass is 311 g/mol. The Labute approximate surface area is 129 Å². The van der Waals surface area contributed by atoms with Crippen LogP contribution in [0.1, 0.15) is 11.1 Å². The van der Waals surface area contributed by atoms with Crippen molar-refractivity contribution < 1.29 is 19.4 Å². The van der Waals surface area contributed by atoms with Crippen LogP contribution in [0.15, 0.2) is 18.2 Å². The van der Waals surface area contributed by atoms with E-state index in [2.05, 4.69) is 6.07 Å². The molecule has 0 fully saturated rings. The van der Waals surface area contributed by atoms with Gasteiger partial charge in [-0.25, -0.2) is 0 Å². The van der Waals surface area contributed by atoms with Crippen molar-refractivity contribution in [2.75, 3.05) is 31.7 Å². The molecule has 0 aliphatic heterocycles. The van der Waals surface area contributed by atoms with Crippen molar-refractivity contribution in [2.45, 2.75) is 13.8 Å². The Bertz CT molecular complexity index is 484. The second kappa shape index (κ2) is 8.56. The highest BCUT2D eigenvalue weighted by molar-refractivity contribution is 8.00. The number of carboxylic acid groups (broad SMARTS) is 1. The van der Waals surface area contributed by atoms with Crippen molar-refractivity contribution in [3.63, 3.8) is 0 Å². The molecule has 0 aliphatic rings. The highest BCUT2D eigenvalue weighted by Gasteiger charge is 2.10. The lowest BCUT2D eigenvalue weighted by molar-refractivity contribution is -0.133. The first-order valence-electron chi connectivity index (χ1n) is 6.63. The van der Waals surface area contributed by atoms with Crippen LogP contribution in [-0.2, 0) is 9.59 Å². The number of hydrogen-bond donors (Lipinski definition) is 1. The largest absolute Gasteiger partial charge is 0.492 e. The molecule has 0 aliphatic carbocycles. The zero-order valence-electron chi connectivity index (χ0n) is 12.6. The molecule has 6 heteroatoms. The molecule has 0 atom stereocenters. The molecule has 5 nitrogen and oxygen atoms in total. The molecule has 0 heterocycles. The zero-order valence-corrected chi connectivity index (χ0v) is 13.4. The lowest BCUT2D eigenvalue weighted by Gasteiger charge is -2.17. The van der Waals surface area contributed by atoms with Gasteiger partial charge in [0.1, 0.15) is 12.4 Å². The number of amides is 1. The van der Waals surface area contributed by atoms with Gasteiger partial charge in [0, 0.05) is 7.05 Å². The minimum Gasteiger partial charge on any atom is -0.492 e. The van der Waals surface area contributed by atoms with Crippen molar-refractivity contribution in [1.29, 1.82) is 0 Å². The Morgan fingerprint density at radius 1 is 1.19 bits per heavy atom. The van der Waals surface area contributed by atoms with E-state index in [9.17, 15) is 9.59 Å². The molecule has 1 rings (SSSR count). The highest BCUT2D eigenvalue weighted by Crippen LogP contribution is 2.16. The average molecular weight is 311 g/mol. The molecule has 0 saturated carbocycles. The van der Waals surface area contributed by atoms with Crippen molar-refractivity contribution in [2.24, 2.45) is 0 Å². The number of rotatable bonds is 8. The minimum absolute atomic E-state index is 0.0569. The minimum atomic E-state index is -0.909. The summed E-state index contributed by atoms with van der Waals surface area (Å²) in [6.45, 7) is 4.90. The van der Waals surface area contributed by atoms with Gasteiger partial charge in [0.15, 0.2) is 0 Å². The quantitative estimate of drug-likeness (QED) is 0.795. The second-order valence-corrected chi connectivity index (χ2v) is 5.86. The molecule has 0 spiro atoms. The topological polar surface area (TPSA) is 66.8 Å². The molecular weight excluding hydrogens is 290 g/mol. The fourth-order valence-electron chi connectivity index (χ4n) is 1.78. The van der Waals surface area contributed by atoms with Crippen LogP contribution in [0.4, 0.5) is 0 Å². The van der Waals surface area contributed by atoms with Crippen LogP contribution in [0.2, 0.25) is 0 Å². The van der Waals surface area contributed by atoms with Gasteiger partial charge in [-0.05, 0) is 37.1 Å². The van der Waals surface area contributed by atoms with Gasteiger partial charge in [-0.15, -0.1) is 11.8 Å². The number of thioether (sulfide) groups is 1. The van der Waals surface area contributed by atoms with Crippen molar-refractivity contribution in [3.8, 4) is 5.75 Å². The summed E-state index contributed by atoms with van der Waals surface area (Å²) < 4.78 is 5.64. The Balaban J connectivity index is 2.30. The van der Waals surface area contributed by atoms with Crippen LogP contribution < -0.4 is 4.74 Å². The predicted octanol–water partition coefficient (Wildman–Crippen LogP) is 1.96. The van der Waals surface area contributed by atoms with E-state index < -0.39 is 5.97 Å². The fourth-order valence-corrected chi connectivity index (χ4v) is 2.45. The Kier molecular flexibility index (Phi) is 7.08. The summed E-state index contributed by atoms with van der Waals surface area (Å²) in [6.07, 6.45) is 0. The van der Waals surface area contributed by atoms with E-state index in [1.165, 1.54) is 0 Å². The number of benzene rings is 1. The van der Waals surface area contributed by atoms with Crippen LogP contribution in [0, 0.1) is 13.8 Å². The number of carbonyl (C=O) groups is 2. The summed E-state index contributed by atoms with van der Waals surface area (Å²) in [5.74, 6) is -0.0853. The molecule has 0 unspecified atom stereocenters. The number of likely N-dealkylation sites (N-methyl/N-ethyl adjacent to an activating group) is 1. The van der Waals surface area contributed by atoms with E-state index in [1.807, 2.05) is 26.0 Å². The predicted molar refractivity (Wildman–Crippen MR) is 84.0 cm³/mol. The van der Waals surface area contributed by atoms with Gasteiger partial charge >= 0.3 is 5.97 Å². The molecule has 0 aromatic heterocycles. The van der Waals surface area contributed by atoms with Gasteiger partial charge < -0.3 is 14.7 Å². The maximum atomic E-state index is 11.7. The van der Waals surface area contributed by atoms with Gasteiger partial charge in [-0.3, -0.25) is 9.59 Å². The first-order chi connectivity index (χ1) is 9.88. The zero-order chi connectivity index (χ0) is 15.8. The summed E-state index contributed by atoms with van der Waals surface area (Å²) in [7, 11) is 1.69. The van der Waals surface area contributed by atoms with E-state index in [4.69, 9.17) is 9.84 Å². The Morgan fingerprint density at radius 3 is 2.38 bits per heavy atom. The van der Waals surface area contributed by atoms with Crippen LogP contribution in [-0.4, -0.2) is 53.6 Å². The first-order valence-corrected chi connectivity index (χ1v) is 7.78. The number of ether oxygens (including phenoxy) is 1. The van der Waals surface area contributed by atoms with E-state index in [0.717, 1.165) is 28.6 Å². The number of carboxylic acids is 1. The third kappa shape index (κ3) is 7.04. The molecule has 1 aromatic carbocycles. The molecule has 1 amide bonds. The van der Waals surface area contributed by atoms with Crippen LogP contribution in [0.5, 0.6) is 5.75 Å². The second-order valence-electron chi connectivity index (χ2n) is 4.87. The van der Waals surface area contributed by atoms with Crippen molar-refractivity contribution >= 4 is 23.6 Å². The highest BCUT2D eigenvalue weighted by atomic mass is 32.2. The summed E-state index contributed by atoms with van der Waals surface area (Å²) in [6, 6.07) is 5.98. The smallest absolute Gasteiger partial charge is 0.313 e. The SMILES string of the molecule is Cc1cc(C)cc(OCCN(C)C(=O)CSCC(=O)O)c1. The van der Waals surface area contributed by atoms with E-state index in [-0.39, 0.29) is 17.4 Å². The van der Waals surface area contributed by atoms with Gasteiger partial charge in [0.05, 0.1) is 18.1 Å². The lowest BCUT2D eigenvalue weighted by atomic mass is 10.1. The molecule has 1 N–H and O–H groups in total. The molecule has 0 bridgehead atoms. The first kappa shape index (κ1) is 17.4.